The van der Waals surface area contributed by atoms with Gasteiger partial charge in [0.2, 0.25) is 5.91 Å². The average Bonchev–Trinajstić information content (AvgIpc) is 2.98. The fraction of sp³-hybridized carbons (Fsp3) is 0.0625. The summed E-state index contributed by atoms with van der Waals surface area (Å²) in [6.07, 6.45) is 1.04. The average molecular weight is 446 g/mol. The van der Waals surface area contributed by atoms with Crippen LogP contribution in [0.1, 0.15) is 20.7 Å². The zero-order chi connectivity index (χ0) is 20.8. The van der Waals surface area contributed by atoms with Gasteiger partial charge in [-0.3, -0.25) is 14.9 Å². The minimum absolute atomic E-state index is 0.00833. The van der Waals surface area contributed by atoms with E-state index in [9.17, 15) is 26.8 Å². The molecule has 3 aromatic rings. The molecule has 146 valence electrons. The second-order valence-corrected chi connectivity index (χ2v) is 9.07. The van der Waals surface area contributed by atoms with Gasteiger partial charge in [-0.05, 0) is 24.3 Å². The number of rotatable bonds is 4. The van der Waals surface area contributed by atoms with Gasteiger partial charge in [0.1, 0.15) is 0 Å². The number of fused-ring (bicyclic) bond motifs is 1. The quantitative estimate of drug-likeness (QED) is 0.598. The molecule has 1 aromatic heterocycles. The largest absolute Gasteiger partial charge is 0.366 e. The number of thiazole rings is 1. The number of benzene rings is 2. The molecule has 12 heteroatoms. The van der Waals surface area contributed by atoms with Gasteiger partial charge in [0, 0.05) is 6.26 Å². The monoisotopic (exact) mass is 445 g/mol. The van der Waals surface area contributed by atoms with Crippen LogP contribution in [-0.4, -0.2) is 31.5 Å². The highest BCUT2D eigenvalue weighted by Crippen LogP contribution is 2.31. The summed E-state index contributed by atoms with van der Waals surface area (Å²) in [6.45, 7) is 0. The van der Waals surface area contributed by atoms with E-state index in [1.165, 1.54) is 18.2 Å². The molecular weight excluding hydrogens is 436 g/mol. The molecule has 1 heterocycles. The molecule has 0 radical (unpaired) electrons. The molecule has 0 spiro atoms. The number of aromatic nitrogens is 1. The van der Waals surface area contributed by atoms with Crippen molar-refractivity contribution in [2.45, 2.75) is 4.90 Å². The number of halogens is 3. The highest BCUT2D eigenvalue weighted by Gasteiger charge is 2.25. The third-order valence-corrected chi connectivity index (χ3v) is 6.09. The predicted octanol–water partition coefficient (Wildman–Crippen LogP) is 2.98. The van der Waals surface area contributed by atoms with E-state index in [0.29, 0.717) is 16.3 Å². The molecule has 0 aliphatic heterocycles. The summed E-state index contributed by atoms with van der Waals surface area (Å²) < 4.78 is 51.5. The Hall–Kier alpha value is -2.63. The van der Waals surface area contributed by atoms with E-state index in [1.54, 1.807) is 0 Å². The van der Waals surface area contributed by atoms with E-state index in [0.717, 1.165) is 17.6 Å². The first-order valence-corrected chi connectivity index (χ1v) is 10.5. The van der Waals surface area contributed by atoms with E-state index in [1.807, 2.05) is 0 Å². The van der Waals surface area contributed by atoms with Gasteiger partial charge in [0.15, 0.2) is 26.6 Å². The molecule has 0 aliphatic carbocycles. The third kappa shape index (κ3) is 3.68. The minimum atomic E-state index is -3.44. The number of nitrogens with one attached hydrogen (secondary N) is 1. The SMILES string of the molecule is CS(=O)(=O)c1ccc2nc(NC(=O)c3c(F)c(F)cc(C(N)=O)c3Cl)sc2c1. The lowest BCUT2D eigenvalue weighted by atomic mass is 10.1. The van der Waals surface area contributed by atoms with Crippen molar-refractivity contribution in [3.05, 3.63) is 52.0 Å². The van der Waals surface area contributed by atoms with Crippen LogP contribution in [0.2, 0.25) is 5.02 Å². The van der Waals surface area contributed by atoms with Crippen molar-refractivity contribution >= 4 is 59.9 Å². The number of primary amides is 1. The Morgan fingerprint density at radius 3 is 2.54 bits per heavy atom. The Labute approximate surface area is 166 Å². The zero-order valence-corrected chi connectivity index (χ0v) is 16.3. The summed E-state index contributed by atoms with van der Waals surface area (Å²) in [5, 5.41) is 1.61. The molecule has 2 aromatic carbocycles. The zero-order valence-electron chi connectivity index (χ0n) is 13.9. The lowest BCUT2D eigenvalue weighted by Gasteiger charge is -2.09. The molecule has 0 saturated heterocycles. The number of anilines is 1. The smallest absolute Gasteiger partial charge is 0.262 e. The van der Waals surface area contributed by atoms with E-state index < -0.39 is 49.4 Å². The van der Waals surface area contributed by atoms with Crippen molar-refractivity contribution in [1.29, 1.82) is 0 Å². The molecule has 0 unspecified atom stereocenters. The Balaban J connectivity index is 2.01. The number of hydrogen-bond donors (Lipinski definition) is 2. The normalized spacial score (nSPS) is 11.6. The Bertz CT molecular complexity index is 1260. The van der Waals surface area contributed by atoms with Crippen LogP contribution in [0.25, 0.3) is 10.2 Å². The fourth-order valence-corrected chi connectivity index (χ4v) is 4.27. The van der Waals surface area contributed by atoms with Gasteiger partial charge < -0.3 is 5.73 Å². The van der Waals surface area contributed by atoms with Gasteiger partial charge in [0.25, 0.3) is 5.91 Å². The van der Waals surface area contributed by atoms with Crippen LogP contribution in [0.4, 0.5) is 13.9 Å². The molecule has 0 saturated carbocycles. The molecule has 2 amide bonds. The van der Waals surface area contributed by atoms with Crippen molar-refractivity contribution in [2.75, 3.05) is 11.6 Å². The van der Waals surface area contributed by atoms with Gasteiger partial charge in [-0.25, -0.2) is 22.2 Å². The summed E-state index contributed by atoms with van der Waals surface area (Å²) >= 11 is 6.76. The molecule has 3 rings (SSSR count). The number of carbonyl (C=O) groups is 2. The van der Waals surface area contributed by atoms with E-state index in [2.05, 4.69) is 10.3 Å². The second kappa shape index (κ2) is 7.08. The van der Waals surface area contributed by atoms with Crippen molar-refractivity contribution in [3.8, 4) is 0 Å². The first-order chi connectivity index (χ1) is 13.0. The van der Waals surface area contributed by atoms with Gasteiger partial charge in [-0.1, -0.05) is 22.9 Å². The second-order valence-electron chi connectivity index (χ2n) is 5.65. The van der Waals surface area contributed by atoms with Crippen LogP contribution in [-0.2, 0) is 9.84 Å². The third-order valence-electron chi connectivity index (χ3n) is 3.66. The number of hydrogen-bond acceptors (Lipinski definition) is 6. The number of carbonyl (C=O) groups excluding carboxylic acids is 2. The van der Waals surface area contributed by atoms with Crippen LogP contribution in [0, 0.1) is 11.6 Å². The van der Waals surface area contributed by atoms with Gasteiger partial charge >= 0.3 is 0 Å². The Morgan fingerprint density at radius 1 is 1.25 bits per heavy atom. The molecule has 0 fully saturated rings. The van der Waals surface area contributed by atoms with Crippen LogP contribution in [0.3, 0.4) is 0 Å². The summed E-state index contributed by atoms with van der Waals surface area (Å²) in [6, 6.07) is 4.67. The summed E-state index contributed by atoms with van der Waals surface area (Å²) in [5.41, 5.74) is 3.99. The molecule has 0 atom stereocenters. The molecule has 3 N–H and O–H groups in total. The van der Waals surface area contributed by atoms with Crippen LogP contribution in [0.15, 0.2) is 29.2 Å². The highest BCUT2D eigenvalue weighted by atomic mass is 35.5. The van der Waals surface area contributed by atoms with Crippen LogP contribution in [0.5, 0.6) is 0 Å². The van der Waals surface area contributed by atoms with Gasteiger partial charge in [-0.15, -0.1) is 0 Å². The Kier molecular flexibility index (Phi) is 5.08. The van der Waals surface area contributed by atoms with Crippen LogP contribution < -0.4 is 11.1 Å². The lowest BCUT2D eigenvalue weighted by Crippen LogP contribution is -2.19. The maximum absolute atomic E-state index is 14.1. The van der Waals surface area contributed by atoms with Crippen molar-refractivity contribution in [1.82, 2.24) is 4.98 Å². The molecule has 7 nitrogen and oxygen atoms in total. The first-order valence-electron chi connectivity index (χ1n) is 7.38. The predicted molar refractivity (Wildman–Crippen MR) is 101 cm³/mol. The summed E-state index contributed by atoms with van der Waals surface area (Å²) in [5.74, 6) is -5.29. The van der Waals surface area contributed by atoms with Crippen molar-refractivity contribution < 1.29 is 26.8 Å². The first kappa shape index (κ1) is 20.1. The lowest BCUT2D eigenvalue weighted by molar-refractivity contribution is 0.1000. The van der Waals surface area contributed by atoms with E-state index in [-0.39, 0.29) is 10.0 Å². The maximum Gasteiger partial charge on any atom is 0.262 e. The minimum Gasteiger partial charge on any atom is -0.366 e. The highest BCUT2D eigenvalue weighted by molar-refractivity contribution is 7.90. The van der Waals surface area contributed by atoms with Crippen molar-refractivity contribution in [3.63, 3.8) is 0 Å². The maximum atomic E-state index is 14.1. The number of nitrogens with two attached hydrogens (primary N) is 1. The summed E-state index contributed by atoms with van der Waals surface area (Å²) in [4.78, 5) is 27.9. The topological polar surface area (TPSA) is 119 Å². The fourth-order valence-electron chi connectivity index (χ4n) is 2.33. The molecule has 0 aliphatic rings. The van der Waals surface area contributed by atoms with Crippen LogP contribution >= 0.6 is 22.9 Å². The number of sulfone groups is 1. The molecular formula is C16H10ClF2N3O4S2. The number of nitrogens with zero attached hydrogens (tertiary/aromatic N) is 1. The van der Waals surface area contributed by atoms with Gasteiger partial charge in [0.05, 0.1) is 31.3 Å². The summed E-state index contributed by atoms with van der Waals surface area (Å²) in [7, 11) is -3.44. The molecule has 0 bridgehead atoms. The van der Waals surface area contributed by atoms with Crippen molar-refractivity contribution in [2.24, 2.45) is 5.73 Å². The standard InChI is InChI=1S/C16H10ClF2N3O4S2/c1-28(25,26)6-2-3-9-10(4-6)27-16(21-9)22-15(24)11-12(17)7(14(20)23)5-8(18)13(11)19/h2-5H,1H3,(H2,20,23)(H,21,22,24). The van der Waals surface area contributed by atoms with E-state index >= 15 is 0 Å². The van der Waals surface area contributed by atoms with Gasteiger partial charge in [-0.2, -0.15) is 0 Å². The Morgan fingerprint density at radius 2 is 1.93 bits per heavy atom. The van der Waals surface area contributed by atoms with E-state index in [4.69, 9.17) is 17.3 Å². The number of amides is 2. The molecule has 28 heavy (non-hydrogen) atoms.